The van der Waals surface area contributed by atoms with Crippen LogP contribution in [0.15, 0.2) is 47.6 Å². The van der Waals surface area contributed by atoms with E-state index in [-0.39, 0.29) is 35.5 Å². The molecule has 1 aliphatic heterocycles. The van der Waals surface area contributed by atoms with Gasteiger partial charge in [-0.1, -0.05) is 30.2 Å². The molecule has 1 aromatic rings. The molecule has 0 radical (unpaired) electrons. The molecule has 1 saturated carbocycles. The smallest absolute Gasteiger partial charge is 0.238 e. The number of hydrogen-bond acceptors (Lipinski definition) is 3. The highest BCUT2D eigenvalue weighted by atomic mass is 16.5. The van der Waals surface area contributed by atoms with Gasteiger partial charge in [0.05, 0.1) is 24.1 Å². The summed E-state index contributed by atoms with van der Waals surface area (Å²) in [6.45, 7) is 6.86. The fraction of sp³-hybridized carbons (Fsp3) is 0.429. The summed E-state index contributed by atoms with van der Waals surface area (Å²) >= 11 is 0. The zero-order chi connectivity index (χ0) is 17.7. The van der Waals surface area contributed by atoms with E-state index in [1.165, 1.54) is 16.0 Å². The fourth-order valence-electron chi connectivity index (χ4n) is 4.60. The van der Waals surface area contributed by atoms with Crippen molar-refractivity contribution in [2.45, 2.75) is 27.2 Å². The lowest BCUT2D eigenvalue weighted by Crippen LogP contribution is -2.33. The molecule has 1 aromatic carbocycles. The number of ether oxygens (including phenoxy) is 1. The van der Waals surface area contributed by atoms with E-state index in [0.29, 0.717) is 12.3 Å². The van der Waals surface area contributed by atoms with Gasteiger partial charge in [0, 0.05) is 11.8 Å². The Kier molecular flexibility index (Phi) is 3.78. The van der Waals surface area contributed by atoms with Gasteiger partial charge in [-0.2, -0.15) is 0 Å². The number of hydrogen-bond donors (Lipinski definition) is 0. The second kappa shape index (κ2) is 5.87. The average Bonchev–Trinajstić information content (AvgIpc) is 3.24. The van der Waals surface area contributed by atoms with Crippen molar-refractivity contribution in [2.75, 3.05) is 11.5 Å². The number of amides is 2. The number of allylic oxidation sites excluding steroid dienone is 4. The predicted molar refractivity (Wildman–Crippen MR) is 96.2 cm³/mol. The second-order valence-electron chi connectivity index (χ2n) is 7.30. The number of anilines is 1. The van der Waals surface area contributed by atoms with Crippen LogP contribution in [0.25, 0.3) is 0 Å². The number of carbonyl (C=O) groups is 2. The van der Waals surface area contributed by atoms with Gasteiger partial charge in [-0.05, 0) is 44.5 Å². The molecule has 0 spiro atoms. The van der Waals surface area contributed by atoms with Gasteiger partial charge in [-0.25, -0.2) is 4.90 Å². The van der Waals surface area contributed by atoms with Crippen molar-refractivity contribution in [3.8, 4) is 5.75 Å². The summed E-state index contributed by atoms with van der Waals surface area (Å²) < 4.78 is 5.58. The van der Waals surface area contributed by atoms with Gasteiger partial charge in [0.1, 0.15) is 5.75 Å². The Bertz CT molecular complexity index is 752. The van der Waals surface area contributed by atoms with Crippen molar-refractivity contribution >= 4 is 17.5 Å². The van der Waals surface area contributed by atoms with Gasteiger partial charge in [0.15, 0.2) is 0 Å². The Balaban J connectivity index is 1.62. The summed E-state index contributed by atoms with van der Waals surface area (Å²) in [6.07, 6.45) is 5.17. The zero-order valence-electron chi connectivity index (χ0n) is 14.9. The van der Waals surface area contributed by atoms with Crippen LogP contribution in [0.2, 0.25) is 0 Å². The normalized spacial score (nSPS) is 29.6. The second-order valence-corrected chi connectivity index (χ2v) is 7.30. The van der Waals surface area contributed by atoms with E-state index in [1.54, 1.807) is 12.1 Å². The summed E-state index contributed by atoms with van der Waals surface area (Å²) in [4.78, 5) is 27.4. The van der Waals surface area contributed by atoms with Crippen LogP contribution in [-0.2, 0) is 9.59 Å². The molecule has 1 heterocycles. The zero-order valence-corrected chi connectivity index (χ0v) is 14.9. The molecule has 1 saturated heterocycles. The van der Waals surface area contributed by atoms with Crippen LogP contribution in [0.4, 0.5) is 5.69 Å². The van der Waals surface area contributed by atoms with Crippen LogP contribution in [0.1, 0.15) is 27.2 Å². The van der Waals surface area contributed by atoms with Crippen molar-refractivity contribution in [3.05, 3.63) is 47.6 Å². The van der Waals surface area contributed by atoms with Crippen molar-refractivity contribution in [2.24, 2.45) is 23.7 Å². The first-order chi connectivity index (χ1) is 12.0. The van der Waals surface area contributed by atoms with Crippen LogP contribution >= 0.6 is 0 Å². The van der Waals surface area contributed by atoms with Gasteiger partial charge < -0.3 is 4.74 Å². The first-order valence-corrected chi connectivity index (χ1v) is 9.01. The summed E-state index contributed by atoms with van der Waals surface area (Å²) in [6, 6.07) is 7.26. The molecule has 4 rings (SSSR count). The Hall–Kier alpha value is -2.36. The molecule has 2 aliphatic carbocycles. The van der Waals surface area contributed by atoms with Gasteiger partial charge in [-0.15, -0.1) is 0 Å². The highest BCUT2D eigenvalue weighted by Gasteiger charge is 2.61. The number of imide groups is 1. The summed E-state index contributed by atoms with van der Waals surface area (Å²) in [5, 5.41) is 0. The quantitative estimate of drug-likeness (QED) is 0.621. The molecule has 4 nitrogen and oxygen atoms in total. The molecule has 0 N–H and O–H groups in total. The van der Waals surface area contributed by atoms with E-state index in [2.05, 4.69) is 32.9 Å². The van der Waals surface area contributed by atoms with Crippen molar-refractivity contribution in [1.29, 1.82) is 0 Å². The largest absolute Gasteiger partial charge is 0.494 e. The van der Waals surface area contributed by atoms with E-state index in [4.69, 9.17) is 4.74 Å². The maximum Gasteiger partial charge on any atom is 0.238 e. The lowest BCUT2D eigenvalue weighted by atomic mass is 9.85. The lowest BCUT2D eigenvalue weighted by molar-refractivity contribution is -0.122. The van der Waals surface area contributed by atoms with E-state index in [1.807, 2.05) is 12.1 Å². The van der Waals surface area contributed by atoms with Gasteiger partial charge in [-0.3, -0.25) is 9.59 Å². The molecular formula is C21H23NO3. The van der Waals surface area contributed by atoms with Crippen LogP contribution in [0.5, 0.6) is 5.75 Å². The highest BCUT2D eigenvalue weighted by Crippen LogP contribution is 2.57. The van der Waals surface area contributed by atoms with Crippen LogP contribution in [-0.4, -0.2) is 18.4 Å². The van der Waals surface area contributed by atoms with Crippen molar-refractivity contribution < 1.29 is 14.3 Å². The molecule has 2 bridgehead atoms. The molecule has 25 heavy (non-hydrogen) atoms. The molecule has 2 amide bonds. The monoisotopic (exact) mass is 337 g/mol. The van der Waals surface area contributed by atoms with E-state index >= 15 is 0 Å². The van der Waals surface area contributed by atoms with Gasteiger partial charge >= 0.3 is 0 Å². The molecule has 2 fully saturated rings. The van der Waals surface area contributed by atoms with Crippen molar-refractivity contribution in [1.82, 2.24) is 0 Å². The average molecular weight is 337 g/mol. The Morgan fingerprint density at radius 2 is 1.56 bits per heavy atom. The molecule has 130 valence electrons. The Labute approximate surface area is 148 Å². The van der Waals surface area contributed by atoms with E-state index in [9.17, 15) is 9.59 Å². The van der Waals surface area contributed by atoms with E-state index < -0.39 is 0 Å². The SMILES string of the molecule is CCCOc1ccc(N2C(=O)[C@@H]3[C@@H](C2=O)[C@H]2C=C[C@@H]3C2=C(C)C)cc1. The maximum absolute atomic E-state index is 13.0. The lowest BCUT2D eigenvalue weighted by Gasteiger charge is -2.19. The summed E-state index contributed by atoms with van der Waals surface area (Å²) in [5.41, 5.74) is 3.16. The molecule has 0 aromatic heterocycles. The number of nitrogens with zero attached hydrogens (tertiary/aromatic N) is 1. The van der Waals surface area contributed by atoms with Gasteiger partial charge in [0.2, 0.25) is 11.8 Å². The van der Waals surface area contributed by atoms with Crippen molar-refractivity contribution in [3.63, 3.8) is 0 Å². The van der Waals surface area contributed by atoms with Crippen LogP contribution in [0, 0.1) is 23.7 Å². The van der Waals surface area contributed by atoms with Crippen LogP contribution < -0.4 is 9.64 Å². The minimum Gasteiger partial charge on any atom is -0.494 e. The first-order valence-electron chi connectivity index (χ1n) is 9.01. The number of rotatable bonds is 4. The van der Waals surface area contributed by atoms with E-state index in [0.717, 1.165) is 12.2 Å². The molecule has 3 aliphatic rings. The minimum atomic E-state index is -0.233. The molecule has 4 heteroatoms. The standard InChI is InChI=1S/C21H23NO3/c1-4-11-25-14-7-5-13(6-8-14)22-20(23)18-15-9-10-16(17(15)12(2)3)19(18)21(22)24/h5-10,15-16,18-19H,4,11H2,1-3H3/t15-,16+,18-,19-/m0/s1. The Morgan fingerprint density at radius 1 is 1.00 bits per heavy atom. The number of carbonyl (C=O) groups excluding carboxylic acids is 2. The molecular weight excluding hydrogens is 314 g/mol. The highest BCUT2D eigenvalue weighted by molar-refractivity contribution is 6.23. The number of fused-ring (bicyclic) bond motifs is 5. The topological polar surface area (TPSA) is 46.6 Å². The number of benzene rings is 1. The molecule has 0 unspecified atom stereocenters. The third-order valence-corrected chi connectivity index (χ3v) is 5.56. The third kappa shape index (κ3) is 2.27. The van der Waals surface area contributed by atoms with Crippen LogP contribution in [0.3, 0.4) is 0 Å². The minimum absolute atomic E-state index is 0.0622. The van der Waals surface area contributed by atoms with Gasteiger partial charge in [0.25, 0.3) is 0 Å². The summed E-state index contributed by atoms with van der Waals surface area (Å²) in [7, 11) is 0. The summed E-state index contributed by atoms with van der Waals surface area (Å²) in [5.74, 6) is 0.355. The third-order valence-electron chi connectivity index (χ3n) is 5.56. The predicted octanol–water partition coefficient (Wildman–Crippen LogP) is 3.73. The molecule has 4 atom stereocenters. The fourth-order valence-corrected chi connectivity index (χ4v) is 4.60. The maximum atomic E-state index is 13.0. The first kappa shape index (κ1) is 16.1. The Morgan fingerprint density at radius 3 is 2.04 bits per heavy atom.